The van der Waals surface area contributed by atoms with Crippen LogP contribution in [0.1, 0.15) is 32.1 Å². The zero-order valence-corrected chi connectivity index (χ0v) is 9.56. The normalized spacial score (nSPS) is 44.6. The van der Waals surface area contributed by atoms with Gasteiger partial charge < -0.3 is 15.3 Å². The largest absolute Gasteiger partial charge is 0.411 e. The Kier molecular flexibility index (Phi) is 2.86. The van der Waals surface area contributed by atoms with Crippen molar-refractivity contribution in [2.45, 2.75) is 44.2 Å². The minimum atomic E-state index is 0.313. The van der Waals surface area contributed by atoms with Crippen molar-refractivity contribution < 1.29 is 9.94 Å². The second-order valence-electron chi connectivity index (χ2n) is 5.32. The van der Waals surface area contributed by atoms with Gasteiger partial charge in [-0.05, 0) is 38.0 Å². The second-order valence-corrected chi connectivity index (χ2v) is 5.32. The molecule has 4 unspecified atom stereocenters. The molecule has 1 heterocycles. The number of oxime groups is 1. The van der Waals surface area contributed by atoms with E-state index in [2.05, 4.69) is 10.5 Å². The summed E-state index contributed by atoms with van der Waals surface area (Å²) in [5.41, 5.74) is 0.995. The molecule has 90 valence electrons. The molecule has 3 rings (SSSR count). The van der Waals surface area contributed by atoms with Gasteiger partial charge in [0, 0.05) is 19.1 Å². The Hall–Kier alpha value is -0.610. The third-order valence-corrected chi connectivity index (χ3v) is 4.39. The summed E-state index contributed by atoms with van der Waals surface area (Å²) in [7, 11) is 0. The SMILES string of the molecule is ON=C1C2CCC(C2)C1NCC1CCCO1. The molecule has 0 aromatic heterocycles. The van der Waals surface area contributed by atoms with Crippen LogP contribution in [-0.4, -0.2) is 36.2 Å². The number of rotatable bonds is 3. The van der Waals surface area contributed by atoms with Crippen molar-refractivity contribution in [1.29, 1.82) is 0 Å². The monoisotopic (exact) mass is 224 g/mol. The molecular formula is C12H20N2O2. The Balaban J connectivity index is 1.57. The Morgan fingerprint density at radius 3 is 3.06 bits per heavy atom. The quantitative estimate of drug-likeness (QED) is 0.562. The fraction of sp³-hybridized carbons (Fsp3) is 0.917. The van der Waals surface area contributed by atoms with Crippen LogP contribution in [0.4, 0.5) is 0 Å². The first-order valence-electron chi connectivity index (χ1n) is 6.45. The molecule has 0 spiro atoms. The molecule has 2 bridgehead atoms. The lowest BCUT2D eigenvalue weighted by Crippen LogP contribution is -2.44. The molecule has 3 aliphatic rings. The first kappa shape index (κ1) is 10.5. The number of nitrogens with one attached hydrogen (secondary N) is 1. The van der Waals surface area contributed by atoms with Crippen LogP contribution in [0.15, 0.2) is 5.16 Å². The van der Waals surface area contributed by atoms with Gasteiger partial charge in [-0.25, -0.2) is 0 Å². The third-order valence-electron chi connectivity index (χ3n) is 4.39. The summed E-state index contributed by atoms with van der Waals surface area (Å²) >= 11 is 0. The van der Waals surface area contributed by atoms with E-state index in [0.717, 1.165) is 18.9 Å². The average molecular weight is 224 g/mol. The van der Waals surface area contributed by atoms with Crippen LogP contribution in [0, 0.1) is 11.8 Å². The molecule has 1 aliphatic heterocycles. The Morgan fingerprint density at radius 1 is 1.38 bits per heavy atom. The first-order chi connectivity index (χ1) is 7.88. The minimum absolute atomic E-state index is 0.313. The summed E-state index contributed by atoms with van der Waals surface area (Å²) in [4.78, 5) is 0. The standard InChI is InChI=1S/C12H20N2O2/c15-14-12-9-4-3-8(6-9)11(12)13-7-10-2-1-5-16-10/h8-11,13,15H,1-7H2. The first-order valence-corrected chi connectivity index (χ1v) is 6.45. The highest BCUT2D eigenvalue weighted by atomic mass is 16.5. The van der Waals surface area contributed by atoms with Crippen LogP contribution in [0.5, 0.6) is 0 Å². The van der Waals surface area contributed by atoms with Crippen LogP contribution in [0.25, 0.3) is 0 Å². The van der Waals surface area contributed by atoms with E-state index in [1.807, 2.05) is 0 Å². The molecule has 0 aromatic rings. The molecule has 3 fully saturated rings. The summed E-state index contributed by atoms with van der Waals surface area (Å²) in [6, 6.07) is 0.313. The molecule has 0 aromatic carbocycles. The summed E-state index contributed by atoms with van der Waals surface area (Å²) < 4.78 is 5.60. The highest BCUT2D eigenvalue weighted by Gasteiger charge is 2.45. The van der Waals surface area contributed by atoms with E-state index in [9.17, 15) is 0 Å². The van der Waals surface area contributed by atoms with Gasteiger partial charge in [0.2, 0.25) is 0 Å². The van der Waals surface area contributed by atoms with Crippen LogP contribution < -0.4 is 5.32 Å². The number of ether oxygens (including phenoxy) is 1. The van der Waals surface area contributed by atoms with Crippen molar-refractivity contribution in [2.75, 3.05) is 13.2 Å². The average Bonchev–Trinajstić information content (AvgIpc) is 3.01. The van der Waals surface area contributed by atoms with Crippen LogP contribution in [0.3, 0.4) is 0 Å². The lowest BCUT2D eigenvalue weighted by atomic mass is 9.93. The molecule has 4 nitrogen and oxygen atoms in total. The predicted octanol–water partition coefficient (Wildman–Crippen LogP) is 1.38. The summed E-state index contributed by atoms with van der Waals surface area (Å²) in [6.45, 7) is 1.82. The Bertz CT molecular complexity index is 287. The third kappa shape index (κ3) is 1.74. The molecule has 4 atom stereocenters. The molecule has 2 N–H and O–H groups in total. The lowest BCUT2D eigenvalue weighted by molar-refractivity contribution is 0.107. The van der Waals surface area contributed by atoms with Gasteiger partial charge in [-0.2, -0.15) is 0 Å². The van der Waals surface area contributed by atoms with Gasteiger partial charge in [-0.15, -0.1) is 0 Å². The zero-order chi connectivity index (χ0) is 11.0. The number of fused-ring (bicyclic) bond motifs is 2. The van der Waals surface area contributed by atoms with E-state index >= 15 is 0 Å². The van der Waals surface area contributed by atoms with Crippen molar-refractivity contribution in [3.63, 3.8) is 0 Å². The van der Waals surface area contributed by atoms with Crippen molar-refractivity contribution in [3.05, 3.63) is 0 Å². The van der Waals surface area contributed by atoms with Crippen LogP contribution in [-0.2, 0) is 4.74 Å². The van der Waals surface area contributed by atoms with E-state index in [-0.39, 0.29) is 0 Å². The van der Waals surface area contributed by atoms with Gasteiger partial charge in [0.1, 0.15) is 0 Å². The summed E-state index contributed by atoms with van der Waals surface area (Å²) in [6.07, 6.45) is 6.43. The van der Waals surface area contributed by atoms with E-state index in [1.54, 1.807) is 0 Å². The van der Waals surface area contributed by atoms with Crippen molar-refractivity contribution in [3.8, 4) is 0 Å². The Labute approximate surface area is 96.0 Å². The number of hydrogen-bond donors (Lipinski definition) is 2. The van der Waals surface area contributed by atoms with Gasteiger partial charge >= 0.3 is 0 Å². The fourth-order valence-corrected chi connectivity index (χ4v) is 3.56. The van der Waals surface area contributed by atoms with E-state index in [0.29, 0.717) is 24.0 Å². The predicted molar refractivity (Wildman–Crippen MR) is 60.8 cm³/mol. The summed E-state index contributed by atoms with van der Waals surface area (Å²) in [5.74, 6) is 1.23. The number of hydrogen-bond acceptors (Lipinski definition) is 4. The maximum atomic E-state index is 9.07. The van der Waals surface area contributed by atoms with Crippen molar-refractivity contribution >= 4 is 5.71 Å². The van der Waals surface area contributed by atoms with Gasteiger partial charge in [0.05, 0.1) is 17.9 Å². The minimum Gasteiger partial charge on any atom is -0.411 e. The van der Waals surface area contributed by atoms with Crippen molar-refractivity contribution in [2.24, 2.45) is 17.0 Å². The summed E-state index contributed by atoms with van der Waals surface area (Å²) in [5, 5.41) is 16.1. The van der Waals surface area contributed by atoms with Crippen LogP contribution >= 0.6 is 0 Å². The van der Waals surface area contributed by atoms with E-state index in [4.69, 9.17) is 9.94 Å². The molecule has 16 heavy (non-hydrogen) atoms. The maximum absolute atomic E-state index is 9.07. The fourth-order valence-electron chi connectivity index (χ4n) is 3.56. The van der Waals surface area contributed by atoms with Gasteiger partial charge in [0.25, 0.3) is 0 Å². The van der Waals surface area contributed by atoms with E-state index < -0.39 is 0 Å². The topological polar surface area (TPSA) is 53.9 Å². The van der Waals surface area contributed by atoms with Crippen molar-refractivity contribution in [1.82, 2.24) is 5.32 Å². The molecule has 0 radical (unpaired) electrons. The molecule has 1 saturated heterocycles. The smallest absolute Gasteiger partial charge is 0.0773 e. The molecule has 2 saturated carbocycles. The van der Waals surface area contributed by atoms with Crippen LogP contribution in [0.2, 0.25) is 0 Å². The highest BCUT2D eigenvalue weighted by Crippen LogP contribution is 2.42. The maximum Gasteiger partial charge on any atom is 0.0773 e. The molecule has 4 heteroatoms. The van der Waals surface area contributed by atoms with Gasteiger partial charge in [-0.3, -0.25) is 0 Å². The lowest BCUT2D eigenvalue weighted by Gasteiger charge is -2.25. The second kappa shape index (κ2) is 4.34. The molecular weight excluding hydrogens is 204 g/mol. The number of nitrogens with zero attached hydrogens (tertiary/aromatic N) is 1. The zero-order valence-electron chi connectivity index (χ0n) is 9.56. The molecule has 0 amide bonds. The highest BCUT2D eigenvalue weighted by molar-refractivity contribution is 5.94. The molecule has 2 aliphatic carbocycles. The van der Waals surface area contributed by atoms with E-state index in [1.165, 1.54) is 32.1 Å². The van der Waals surface area contributed by atoms with Gasteiger partial charge in [0.15, 0.2) is 0 Å². The Morgan fingerprint density at radius 2 is 2.31 bits per heavy atom. The van der Waals surface area contributed by atoms with Gasteiger partial charge in [-0.1, -0.05) is 5.16 Å².